The molecule has 0 saturated heterocycles. The molecule has 0 radical (unpaired) electrons. The molecule has 0 bridgehead atoms. The molecule has 0 aromatic heterocycles. The van der Waals surface area contributed by atoms with Crippen LogP contribution in [0.3, 0.4) is 0 Å². The maximum atomic E-state index is 3.53. The molecule has 0 amide bonds. The lowest BCUT2D eigenvalue weighted by Gasteiger charge is -2.10. The molecule has 2 aromatic carbocycles. The Kier molecular flexibility index (Phi) is 2.89. The summed E-state index contributed by atoms with van der Waals surface area (Å²) in [7, 11) is 0. The van der Waals surface area contributed by atoms with Crippen LogP contribution in [0.25, 0.3) is 0 Å². The van der Waals surface area contributed by atoms with Gasteiger partial charge >= 0.3 is 0 Å². The Hall–Kier alpha value is -1.28. The minimum Gasteiger partial charge on any atom is -0.384 e. The summed E-state index contributed by atoms with van der Waals surface area (Å²) >= 11 is 3.53. The first-order valence-corrected chi connectivity index (χ1v) is 6.69. The second kappa shape index (κ2) is 4.53. The number of rotatable bonds is 2. The molecular formula is C15H14BrN. The minimum atomic E-state index is 0.598. The number of hydrogen-bond acceptors (Lipinski definition) is 1. The van der Waals surface area contributed by atoms with E-state index >= 15 is 0 Å². The Bertz CT molecular complexity index is 536. The molecule has 0 saturated carbocycles. The standard InChI is InChI=1S/C15H14BrN/c16-13-5-3-4-11(9-13)8-12-10-17-15-7-2-1-6-14(12)15/h1-7,9,12,17H,8,10H2. The molecule has 1 aliphatic heterocycles. The zero-order valence-electron chi connectivity index (χ0n) is 9.49. The van der Waals surface area contributed by atoms with Crippen LogP contribution >= 0.6 is 15.9 Å². The minimum absolute atomic E-state index is 0.598. The number of anilines is 1. The molecule has 1 nitrogen and oxygen atoms in total. The van der Waals surface area contributed by atoms with Gasteiger partial charge in [-0.05, 0) is 35.7 Å². The smallest absolute Gasteiger partial charge is 0.0376 e. The predicted octanol–water partition coefficient (Wildman–Crippen LogP) is 4.20. The molecular weight excluding hydrogens is 274 g/mol. The fourth-order valence-corrected chi connectivity index (χ4v) is 2.93. The Morgan fingerprint density at radius 1 is 1.12 bits per heavy atom. The van der Waals surface area contributed by atoms with Crippen LogP contribution < -0.4 is 5.32 Å². The predicted molar refractivity (Wildman–Crippen MR) is 75.5 cm³/mol. The zero-order valence-corrected chi connectivity index (χ0v) is 11.1. The average Bonchev–Trinajstić information content (AvgIpc) is 2.73. The van der Waals surface area contributed by atoms with Crippen LogP contribution in [0.1, 0.15) is 17.0 Å². The number of benzene rings is 2. The van der Waals surface area contributed by atoms with Crippen LogP contribution in [0, 0.1) is 0 Å². The van der Waals surface area contributed by atoms with Gasteiger partial charge in [-0.3, -0.25) is 0 Å². The highest BCUT2D eigenvalue weighted by Gasteiger charge is 2.21. The van der Waals surface area contributed by atoms with E-state index in [0.29, 0.717) is 5.92 Å². The molecule has 1 heterocycles. The quantitative estimate of drug-likeness (QED) is 0.873. The summed E-state index contributed by atoms with van der Waals surface area (Å²) in [5.74, 6) is 0.598. The van der Waals surface area contributed by atoms with Crippen LogP contribution in [0.5, 0.6) is 0 Å². The summed E-state index contributed by atoms with van der Waals surface area (Å²) in [4.78, 5) is 0. The van der Waals surface area contributed by atoms with Crippen molar-refractivity contribution < 1.29 is 0 Å². The molecule has 1 unspecified atom stereocenters. The van der Waals surface area contributed by atoms with E-state index in [0.717, 1.165) is 17.4 Å². The van der Waals surface area contributed by atoms with Crippen molar-refractivity contribution in [3.63, 3.8) is 0 Å². The lowest BCUT2D eigenvalue weighted by Crippen LogP contribution is -2.05. The third kappa shape index (κ3) is 2.22. The Morgan fingerprint density at radius 3 is 2.88 bits per heavy atom. The first-order chi connectivity index (χ1) is 8.33. The summed E-state index contributed by atoms with van der Waals surface area (Å²) in [5.41, 5.74) is 4.14. The Labute approximate surface area is 110 Å². The van der Waals surface area contributed by atoms with Crippen molar-refractivity contribution in [3.8, 4) is 0 Å². The molecule has 2 aromatic rings. The fourth-order valence-electron chi connectivity index (χ4n) is 2.49. The lowest BCUT2D eigenvalue weighted by atomic mass is 9.94. The number of hydrogen-bond donors (Lipinski definition) is 1. The van der Waals surface area contributed by atoms with Crippen molar-refractivity contribution in [2.24, 2.45) is 0 Å². The number of para-hydroxylation sites is 1. The molecule has 0 fully saturated rings. The van der Waals surface area contributed by atoms with Gasteiger partial charge < -0.3 is 5.32 Å². The zero-order chi connectivity index (χ0) is 11.7. The monoisotopic (exact) mass is 287 g/mol. The first-order valence-electron chi connectivity index (χ1n) is 5.90. The first kappa shape index (κ1) is 10.8. The van der Waals surface area contributed by atoms with Crippen LogP contribution in [-0.2, 0) is 6.42 Å². The van der Waals surface area contributed by atoms with Crippen LogP contribution in [-0.4, -0.2) is 6.54 Å². The van der Waals surface area contributed by atoms with Crippen molar-refractivity contribution in [2.45, 2.75) is 12.3 Å². The molecule has 1 N–H and O–H groups in total. The highest BCUT2D eigenvalue weighted by Crippen LogP contribution is 2.33. The largest absolute Gasteiger partial charge is 0.384 e. The van der Waals surface area contributed by atoms with Gasteiger partial charge in [-0.1, -0.05) is 46.3 Å². The van der Waals surface area contributed by atoms with Gasteiger partial charge in [0.1, 0.15) is 0 Å². The highest BCUT2D eigenvalue weighted by atomic mass is 79.9. The molecule has 0 aliphatic carbocycles. The second-order valence-electron chi connectivity index (χ2n) is 4.50. The molecule has 0 spiro atoms. The van der Waals surface area contributed by atoms with Gasteiger partial charge in [0.15, 0.2) is 0 Å². The Balaban J connectivity index is 1.84. The van der Waals surface area contributed by atoms with Gasteiger partial charge in [0.2, 0.25) is 0 Å². The van der Waals surface area contributed by atoms with Gasteiger partial charge in [-0.2, -0.15) is 0 Å². The van der Waals surface area contributed by atoms with Crippen molar-refractivity contribution in [3.05, 3.63) is 64.1 Å². The maximum absolute atomic E-state index is 3.53. The second-order valence-corrected chi connectivity index (χ2v) is 5.41. The van der Waals surface area contributed by atoms with Gasteiger partial charge in [-0.25, -0.2) is 0 Å². The van der Waals surface area contributed by atoms with Crippen molar-refractivity contribution >= 4 is 21.6 Å². The van der Waals surface area contributed by atoms with E-state index in [-0.39, 0.29) is 0 Å². The van der Waals surface area contributed by atoms with E-state index in [1.165, 1.54) is 16.8 Å². The molecule has 3 rings (SSSR count). The summed E-state index contributed by atoms with van der Waals surface area (Å²) < 4.78 is 1.16. The summed E-state index contributed by atoms with van der Waals surface area (Å²) in [6.07, 6.45) is 1.10. The van der Waals surface area contributed by atoms with Gasteiger partial charge in [0, 0.05) is 22.6 Å². The fraction of sp³-hybridized carbons (Fsp3) is 0.200. The SMILES string of the molecule is Brc1cccc(CC2CNc3ccccc32)c1. The molecule has 2 heteroatoms. The summed E-state index contributed by atoms with van der Waals surface area (Å²) in [5, 5.41) is 3.47. The Morgan fingerprint density at radius 2 is 2.00 bits per heavy atom. The van der Waals surface area contributed by atoms with E-state index in [1.807, 2.05) is 0 Å². The third-order valence-corrected chi connectivity index (χ3v) is 3.80. The summed E-state index contributed by atoms with van der Waals surface area (Å²) in [6.45, 7) is 1.05. The molecule has 17 heavy (non-hydrogen) atoms. The maximum Gasteiger partial charge on any atom is 0.0376 e. The summed E-state index contributed by atoms with van der Waals surface area (Å²) in [6, 6.07) is 17.2. The topological polar surface area (TPSA) is 12.0 Å². The normalized spacial score (nSPS) is 17.6. The lowest BCUT2D eigenvalue weighted by molar-refractivity contribution is 0.752. The highest BCUT2D eigenvalue weighted by molar-refractivity contribution is 9.10. The van der Waals surface area contributed by atoms with E-state index in [9.17, 15) is 0 Å². The van der Waals surface area contributed by atoms with Crippen LogP contribution in [0.2, 0.25) is 0 Å². The third-order valence-electron chi connectivity index (χ3n) is 3.31. The van der Waals surface area contributed by atoms with E-state index in [4.69, 9.17) is 0 Å². The van der Waals surface area contributed by atoms with Gasteiger partial charge in [0.05, 0.1) is 0 Å². The van der Waals surface area contributed by atoms with Gasteiger partial charge in [0.25, 0.3) is 0 Å². The number of nitrogens with one attached hydrogen (secondary N) is 1. The van der Waals surface area contributed by atoms with Gasteiger partial charge in [-0.15, -0.1) is 0 Å². The average molecular weight is 288 g/mol. The van der Waals surface area contributed by atoms with E-state index in [2.05, 4.69) is 69.8 Å². The molecule has 1 aliphatic rings. The molecule has 1 atom stereocenters. The van der Waals surface area contributed by atoms with E-state index in [1.54, 1.807) is 0 Å². The van der Waals surface area contributed by atoms with E-state index < -0.39 is 0 Å². The number of halogens is 1. The molecule has 86 valence electrons. The van der Waals surface area contributed by atoms with Crippen molar-refractivity contribution in [1.82, 2.24) is 0 Å². The van der Waals surface area contributed by atoms with Crippen molar-refractivity contribution in [1.29, 1.82) is 0 Å². The number of fused-ring (bicyclic) bond motifs is 1. The van der Waals surface area contributed by atoms with Crippen LogP contribution in [0.4, 0.5) is 5.69 Å². The van der Waals surface area contributed by atoms with Crippen molar-refractivity contribution in [2.75, 3.05) is 11.9 Å². The van der Waals surface area contributed by atoms with Crippen LogP contribution in [0.15, 0.2) is 53.0 Å².